The molecule has 1 N–H and O–H groups in total. The molecule has 0 aromatic carbocycles. The standard InChI is InChI=1S/3C2H5.CH4N.Ta/c4*1-2;/h3*1H2,2H3;2H,1H3;/q;;;-1;+1. The van der Waals surface area contributed by atoms with Crippen LogP contribution in [-0.4, -0.2) is 7.05 Å². The van der Waals surface area contributed by atoms with E-state index in [0.29, 0.717) is 0 Å². The van der Waals surface area contributed by atoms with E-state index < -0.39 is 17.4 Å². The second-order valence-corrected chi connectivity index (χ2v) is 19.0. The Morgan fingerprint density at radius 1 is 1.00 bits per heavy atom. The summed E-state index contributed by atoms with van der Waals surface area (Å²) >= 11 is -1.69. The first kappa shape index (κ1) is 9.70. The summed E-state index contributed by atoms with van der Waals surface area (Å²) in [5.41, 5.74) is 0. The topological polar surface area (TPSA) is 12.0 Å². The van der Waals surface area contributed by atoms with Gasteiger partial charge < -0.3 is 0 Å². The van der Waals surface area contributed by atoms with E-state index in [2.05, 4.69) is 31.5 Å². The van der Waals surface area contributed by atoms with Crippen molar-refractivity contribution in [2.24, 2.45) is 0 Å². The SMILES string of the molecule is C[CH2][Ta]([CH2]C)([CH2]C)[NH]C. The Kier molecular flexibility index (Phi) is 4.86. The summed E-state index contributed by atoms with van der Waals surface area (Å²) < 4.78 is 7.92. The van der Waals surface area contributed by atoms with E-state index in [1.807, 2.05) is 0 Å². The molecule has 0 saturated heterocycles. The van der Waals surface area contributed by atoms with Crippen LogP contribution in [-0.2, 0) is 17.4 Å². The van der Waals surface area contributed by atoms with E-state index in [1.54, 1.807) is 0 Å². The zero-order valence-electron chi connectivity index (χ0n) is 7.07. The molecule has 0 heterocycles. The first-order chi connectivity index (χ1) is 4.24. The summed E-state index contributed by atoms with van der Waals surface area (Å²) in [4.78, 5) is 0. The fourth-order valence-corrected chi connectivity index (χ4v) is 9.37. The third kappa shape index (κ3) is 2.42. The molecule has 0 aromatic heterocycles. The average molecular weight is 298 g/mol. The number of rotatable bonds is 4. The van der Waals surface area contributed by atoms with Crippen LogP contribution in [0.3, 0.4) is 0 Å². The van der Waals surface area contributed by atoms with Crippen molar-refractivity contribution in [3.8, 4) is 0 Å². The van der Waals surface area contributed by atoms with E-state index >= 15 is 0 Å². The summed E-state index contributed by atoms with van der Waals surface area (Å²) in [5, 5.41) is 0. The van der Waals surface area contributed by atoms with Gasteiger partial charge in [-0.3, -0.25) is 0 Å². The van der Waals surface area contributed by atoms with Crippen molar-refractivity contribution >= 4 is 0 Å². The van der Waals surface area contributed by atoms with Gasteiger partial charge in [0.1, 0.15) is 0 Å². The summed E-state index contributed by atoms with van der Waals surface area (Å²) in [7, 11) is 2.15. The van der Waals surface area contributed by atoms with Crippen molar-refractivity contribution in [2.75, 3.05) is 7.05 Å². The van der Waals surface area contributed by atoms with Crippen molar-refractivity contribution in [3.05, 3.63) is 0 Å². The van der Waals surface area contributed by atoms with E-state index in [9.17, 15) is 0 Å². The molecule has 0 radical (unpaired) electrons. The van der Waals surface area contributed by atoms with Crippen LogP contribution in [0.5, 0.6) is 0 Å². The van der Waals surface area contributed by atoms with Gasteiger partial charge in [-0.05, 0) is 0 Å². The van der Waals surface area contributed by atoms with Crippen LogP contribution in [0.2, 0.25) is 13.9 Å². The normalized spacial score (nSPS) is 12.0. The molecule has 0 aliphatic heterocycles. The van der Waals surface area contributed by atoms with Crippen LogP contribution in [0, 0.1) is 0 Å². The molecule has 0 fully saturated rings. The molecule has 0 aliphatic rings. The molecule has 9 heavy (non-hydrogen) atoms. The van der Waals surface area contributed by atoms with Gasteiger partial charge in [0.05, 0.1) is 0 Å². The van der Waals surface area contributed by atoms with Crippen molar-refractivity contribution in [3.63, 3.8) is 0 Å². The van der Waals surface area contributed by atoms with Crippen molar-refractivity contribution < 1.29 is 17.4 Å². The van der Waals surface area contributed by atoms with Gasteiger partial charge in [-0.2, -0.15) is 0 Å². The average Bonchev–Trinajstić information content (AvgIpc) is 1.95. The first-order valence-electron chi connectivity index (χ1n) is 3.79. The number of hydrogen-bond donors (Lipinski definition) is 1. The molecular formula is C7H19NTa. The first-order valence-corrected chi connectivity index (χ1v) is 12.2. The minimum absolute atomic E-state index is 1.45. The molecule has 0 atom stereocenters. The predicted octanol–water partition coefficient (Wildman–Crippen LogP) is 2.59. The second kappa shape index (κ2) is 4.51. The van der Waals surface area contributed by atoms with Gasteiger partial charge in [-0.15, -0.1) is 0 Å². The van der Waals surface area contributed by atoms with Gasteiger partial charge in [-0.25, -0.2) is 0 Å². The van der Waals surface area contributed by atoms with Crippen LogP contribution >= 0.6 is 0 Å². The van der Waals surface area contributed by atoms with Crippen molar-refractivity contribution in [1.82, 2.24) is 3.72 Å². The second-order valence-electron chi connectivity index (χ2n) is 2.32. The van der Waals surface area contributed by atoms with Crippen LogP contribution < -0.4 is 3.72 Å². The molecule has 0 aromatic rings. The van der Waals surface area contributed by atoms with Gasteiger partial charge in [0.15, 0.2) is 0 Å². The summed E-state index contributed by atoms with van der Waals surface area (Å²) in [5.74, 6) is 0. The van der Waals surface area contributed by atoms with Crippen molar-refractivity contribution in [2.45, 2.75) is 34.7 Å². The Morgan fingerprint density at radius 3 is 1.33 bits per heavy atom. The van der Waals surface area contributed by atoms with Gasteiger partial charge in [-0.1, -0.05) is 0 Å². The van der Waals surface area contributed by atoms with Crippen molar-refractivity contribution in [1.29, 1.82) is 0 Å². The van der Waals surface area contributed by atoms with Gasteiger partial charge in [0.2, 0.25) is 0 Å². The molecule has 0 unspecified atom stereocenters. The molecular weight excluding hydrogens is 279 g/mol. The van der Waals surface area contributed by atoms with Gasteiger partial charge in [0.25, 0.3) is 0 Å². The molecule has 2 heteroatoms. The minimum atomic E-state index is -1.69. The summed E-state index contributed by atoms with van der Waals surface area (Å²) in [6, 6.07) is 0. The fraction of sp³-hybridized carbons (Fsp3) is 1.00. The van der Waals surface area contributed by atoms with Crippen LogP contribution in [0.25, 0.3) is 0 Å². The molecule has 0 spiro atoms. The number of nitrogens with one attached hydrogen (secondary N) is 1. The Labute approximate surface area is 63.1 Å². The Bertz CT molecular complexity index is 51.8. The molecule has 0 amide bonds. The monoisotopic (exact) mass is 298 g/mol. The van der Waals surface area contributed by atoms with Gasteiger partial charge in [0, 0.05) is 0 Å². The maximum atomic E-state index is 3.58. The van der Waals surface area contributed by atoms with E-state index in [4.69, 9.17) is 0 Å². The molecule has 1 nitrogen and oxygen atoms in total. The Morgan fingerprint density at radius 2 is 1.33 bits per heavy atom. The molecule has 0 aliphatic carbocycles. The van der Waals surface area contributed by atoms with E-state index in [0.717, 1.165) is 0 Å². The predicted molar refractivity (Wildman–Crippen MR) is 40.5 cm³/mol. The zero-order chi connectivity index (χ0) is 7.33. The van der Waals surface area contributed by atoms with E-state index in [-0.39, 0.29) is 0 Å². The fourth-order valence-electron chi connectivity index (χ4n) is 1.15. The van der Waals surface area contributed by atoms with E-state index in [1.165, 1.54) is 13.9 Å². The third-order valence-corrected chi connectivity index (χ3v) is 18.7. The summed E-state index contributed by atoms with van der Waals surface area (Å²) in [6.07, 6.45) is 0. The molecule has 0 saturated carbocycles. The Hall–Kier alpha value is 0.700. The summed E-state index contributed by atoms with van der Waals surface area (Å²) in [6.45, 7) is 7.01. The molecule has 0 bridgehead atoms. The maximum absolute atomic E-state index is 3.58. The third-order valence-electron chi connectivity index (χ3n) is 2.29. The van der Waals surface area contributed by atoms with Crippen LogP contribution in [0.4, 0.5) is 0 Å². The van der Waals surface area contributed by atoms with Crippen LogP contribution in [0.15, 0.2) is 0 Å². The quantitative estimate of drug-likeness (QED) is 0.841. The Balaban J connectivity index is 3.82. The zero-order valence-corrected chi connectivity index (χ0v) is 10.3. The molecule has 0 rings (SSSR count). The molecule has 57 valence electrons. The van der Waals surface area contributed by atoms with Crippen LogP contribution in [0.1, 0.15) is 20.8 Å². The van der Waals surface area contributed by atoms with Gasteiger partial charge >= 0.3 is 62.8 Å². The number of hydrogen-bond acceptors (Lipinski definition) is 1.